The first kappa shape index (κ1) is 27.9. The lowest BCUT2D eigenvalue weighted by molar-refractivity contribution is -0.121. The van der Waals surface area contributed by atoms with E-state index in [1.54, 1.807) is 6.07 Å². The molecule has 1 aromatic heterocycles. The molecule has 12 heteroatoms. The first-order chi connectivity index (χ1) is 18.4. The van der Waals surface area contributed by atoms with Crippen molar-refractivity contribution in [3.8, 4) is 22.9 Å². The molecule has 0 spiro atoms. The Balaban J connectivity index is 1.38. The maximum Gasteiger partial charge on any atom is 0.243 e. The van der Waals surface area contributed by atoms with Gasteiger partial charge >= 0.3 is 0 Å². The van der Waals surface area contributed by atoms with Crippen LogP contribution in [0.5, 0.6) is 11.5 Å². The zero-order chi connectivity index (χ0) is 27.0. The summed E-state index contributed by atoms with van der Waals surface area (Å²) in [5.74, 6) is 1.64. The van der Waals surface area contributed by atoms with Crippen molar-refractivity contribution >= 4 is 27.7 Å². The minimum atomic E-state index is -3.94. The molecule has 0 saturated heterocycles. The fraction of sp³-hybridized carbons (Fsp3) is 0.423. The number of aromatic nitrogens is 3. The van der Waals surface area contributed by atoms with Gasteiger partial charge in [-0.15, -0.1) is 5.10 Å². The number of carbonyl (C=O) groups is 1. The molecule has 1 fully saturated rings. The van der Waals surface area contributed by atoms with Crippen molar-refractivity contribution in [1.29, 1.82) is 0 Å². The number of ether oxygens (including phenoxy) is 2. The Morgan fingerprint density at radius 2 is 1.82 bits per heavy atom. The number of sulfonamides is 1. The SMILES string of the molecule is COc1ccc(S(=O)(=O)N(CC(=O)NCCSc2n[nH]c(-c3ccccc3)n2)C2CCCCC2)cc1OC. The molecule has 3 aromatic rings. The summed E-state index contributed by atoms with van der Waals surface area (Å²) in [4.78, 5) is 17.4. The van der Waals surface area contributed by atoms with Crippen LogP contribution >= 0.6 is 11.8 Å². The van der Waals surface area contributed by atoms with Crippen molar-refractivity contribution in [3.05, 3.63) is 48.5 Å². The van der Waals surface area contributed by atoms with E-state index in [-0.39, 0.29) is 23.4 Å². The molecular weight excluding hydrogens is 526 g/mol. The number of nitrogens with one attached hydrogen (secondary N) is 2. The normalized spacial score (nSPS) is 14.4. The molecule has 204 valence electrons. The number of rotatable bonds is 12. The number of thioether (sulfide) groups is 1. The smallest absolute Gasteiger partial charge is 0.243 e. The third-order valence-electron chi connectivity index (χ3n) is 6.41. The highest BCUT2D eigenvalue weighted by Gasteiger charge is 2.34. The minimum absolute atomic E-state index is 0.0721. The third-order valence-corrected chi connectivity index (χ3v) is 9.15. The Bertz CT molecular complexity index is 1310. The summed E-state index contributed by atoms with van der Waals surface area (Å²) in [5, 5.41) is 10.6. The summed E-state index contributed by atoms with van der Waals surface area (Å²) in [6, 6.07) is 14.0. The predicted octanol–water partition coefficient (Wildman–Crippen LogP) is 3.72. The summed E-state index contributed by atoms with van der Waals surface area (Å²) >= 11 is 1.41. The van der Waals surface area contributed by atoms with E-state index in [2.05, 4.69) is 20.5 Å². The van der Waals surface area contributed by atoms with E-state index in [0.717, 1.165) is 37.7 Å². The molecule has 10 nitrogen and oxygen atoms in total. The van der Waals surface area contributed by atoms with Gasteiger partial charge in [-0.05, 0) is 25.0 Å². The first-order valence-electron chi connectivity index (χ1n) is 12.5. The van der Waals surface area contributed by atoms with Crippen LogP contribution in [0.3, 0.4) is 0 Å². The van der Waals surface area contributed by atoms with Gasteiger partial charge in [0, 0.05) is 30.0 Å². The summed E-state index contributed by atoms with van der Waals surface area (Å²) in [6.07, 6.45) is 4.39. The second-order valence-corrected chi connectivity index (χ2v) is 11.8. The van der Waals surface area contributed by atoms with Gasteiger partial charge in [-0.1, -0.05) is 61.4 Å². The van der Waals surface area contributed by atoms with Gasteiger partial charge in [-0.3, -0.25) is 9.89 Å². The monoisotopic (exact) mass is 559 g/mol. The predicted molar refractivity (Wildman–Crippen MR) is 146 cm³/mol. The molecule has 2 N–H and O–H groups in total. The van der Waals surface area contributed by atoms with Crippen molar-refractivity contribution in [3.63, 3.8) is 0 Å². The van der Waals surface area contributed by atoms with Gasteiger partial charge in [0.2, 0.25) is 21.1 Å². The number of amides is 1. The minimum Gasteiger partial charge on any atom is -0.493 e. The van der Waals surface area contributed by atoms with E-state index in [9.17, 15) is 13.2 Å². The Morgan fingerprint density at radius 3 is 2.53 bits per heavy atom. The number of aromatic amines is 1. The quantitative estimate of drug-likeness (QED) is 0.254. The van der Waals surface area contributed by atoms with E-state index in [1.165, 1.54) is 42.4 Å². The number of hydrogen-bond donors (Lipinski definition) is 2. The van der Waals surface area contributed by atoms with Crippen molar-refractivity contribution in [2.24, 2.45) is 0 Å². The first-order valence-corrected chi connectivity index (χ1v) is 15.0. The molecule has 1 aliphatic rings. The average Bonchev–Trinajstić information content (AvgIpc) is 3.43. The lowest BCUT2D eigenvalue weighted by atomic mass is 9.95. The zero-order valence-electron chi connectivity index (χ0n) is 21.6. The van der Waals surface area contributed by atoms with E-state index in [4.69, 9.17) is 9.47 Å². The summed E-state index contributed by atoms with van der Waals surface area (Å²) in [5.41, 5.74) is 0.943. The fourth-order valence-electron chi connectivity index (χ4n) is 4.46. The maximum absolute atomic E-state index is 13.7. The number of benzene rings is 2. The molecular formula is C26H33N5O5S2. The van der Waals surface area contributed by atoms with Gasteiger partial charge in [0.25, 0.3) is 0 Å². The largest absolute Gasteiger partial charge is 0.493 e. The third kappa shape index (κ3) is 6.86. The highest BCUT2D eigenvalue weighted by molar-refractivity contribution is 7.99. The van der Waals surface area contributed by atoms with E-state index >= 15 is 0 Å². The van der Waals surface area contributed by atoms with Crippen LogP contribution in [0.2, 0.25) is 0 Å². The second-order valence-electron chi connectivity index (χ2n) is 8.89. The highest BCUT2D eigenvalue weighted by Crippen LogP contribution is 2.33. The van der Waals surface area contributed by atoms with Crippen molar-refractivity contribution in [2.75, 3.05) is 33.1 Å². The van der Waals surface area contributed by atoms with Gasteiger partial charge in [-0.25, -0.2) is 13.4 Å². The van der Waals surface area contributed by atoms with Crippen molar-refractivity contribution < 1.29 is 22.7 Å². The Hall–Kier alpha value is -3.09. The Labute approximate surface area is 227 Å². The number of carbonyl (C=O) groups excluding carboxylic acids is 1. The molecule has 1 amide bonds. The van der Waals surface area contributed by atoms with Crippen LogP contribution in [-0.2, 0) is 14.8 Å². The molecule has 0 bridgehead atoms. The van der Waals surface area contributed by atoms with E-state index in [1.807, 2.05) is 30.3 Å². The Morgan fingerprint density at radius 1 is 1.08 bits per heavy atom. The van der Waals surface area contributed by atoms with Crippen LogP contribution in [0.4, 0.5) is 0 Å². The number of methoxy groups -OCH3 is 2. The molecule has 1 saturated carbocycles. The van der Waals surface area contributed by atoms with Gasteiger partial charge in [0.15, 0.2) is 17.3 Å². The van der Waals surface area contributed by atoms with Crippen molar-refractivity contribution in [1.82, 2.24) is 24.8 Å². The van der Waals surface area contributed by atoms with Crippen LogP contribution in [0.25, 0.3) is 11.4 Å². The van der Waals surface area contributed by atoms with Gasteiger partial charge in [-0.2, -0.15) is 4.31 Å². The van der Waals surface area contributed by atoms with E-state index < -0.39 is 10.0 Å². The average molecular weight is 560 g/mol. The number of hydrogen-bond acceptors (Lipinski definition) is 8. The van der Waals surface area contributed by atoms with Gasteiger partial charge in [0.05, 0.1) is 25.7 Å². The van der Waals surface area contributed by atoms with Gasteiger partial charge in [0.1, 0.15) is 0 Å². The van der Waals surface area contributed by atoms with Crippen LogP contribution in [0.15, 0.2) is 58.6 Å². The second kappa shape index (κ2) is 13.1. The molecule has 2 aromatic carbocycles. The lowest BCUT2D eigenvalue weighted by Crippen LogP contribution is -2.47. The fourth-order valence-corrected chi connectivity index (χ4v) is 6.77. The topological polar surface area (TPSA) is 127 Å². The standard InChI is InChI=1S/C26H33N5O5S2/c1-35-22-14-13-21(17-23(22)36-2)38(33,34)31(20-11-7-4-8-12-20)18-24(32)27-15-16-37-26-28-25(29-30-26)19-9-5-3-6-10-19/h3,5-6,9-10,13-14,17,20H,4,7-8,11-12,15-16,18H2,1-2H3,(H,27,32)(H,28,29,30). The summed E-state index contributed by atoms with van der Waals surface area (Å²) in [6.45, 7) is 0.110. The van der Waals surface area contributed by atoms with Crippen LogP contribution in [0, 0.1) is 0 Å². The summed E-state index contributed by atoms with van der Waals surface area (Å²) < 4.78 is 39.3. The molecule has 38 heavy (non-hydrogen) atoms. The molecule has 4 rings (SSSR count). The van der Waals surface area contributed by atoms with Gasteiger partial charge < -0.3 is 14.8 Å². The summed E-state index contributed by atoms with van der Waals surface area (Å²) in [7, 11) is -0.992. The maximum atomic E-state index is 13.7. The zero-order valence-corrected chi connectivity index (χ0v) is 23.2. The molecule has 0 unspecified atom stereocenters. The Kier molecular flexibility index (Phi) is 9.64. The lowest BCUT2D eigenvalue weighted by Gasteiger charge is -2.33. The van der Waals surface area contributed by atoms with Crippen LogP contribution in [0.1, 0.15) is 32.1 Å². The molecule has 0 aliphatic heterocycles. The van der Waals surface area contributed by atoms with Crippen LogP contribution in [-0.4, -0.2) is 72.9 Å². The van der Waals surface area contributed by atoms with E-state index in [0.29, 0.717) is 34.8 Å². The molecule has 0 atom stereocenters. The molecule has 0 radical (unpaired) electrons. The molecule has 1 aliphatic carbocycles. The number of H-pyrrole nitrogens is 1. The van der Waals surface area contributed by atoms with Crippen LogP contribution < -0.4 is 14.8 Å². The van der Waals surface area contributed by atoms with Crippen molar-refractivity contribution in [2.45, 2.75) is 48.2 Å². The number of nitrogens with zero attached hydrogens (tertiary/aromatic N) is 3. The molecule has 1 heterocycles. The highest BCUT2D eigenvalue weighted by atomic mass is 32.2.